The lowest BCUT2D eigenvalue weighted by Gasteiger charge is -2.28. The molecule has 2 aromatic rings. The van der Waals surface area contributed by atoms with Crippen molar-refractivity contribution in [1.29, 1.82) is 0 Å². The first-order valence-corrected chi connectivity index (χ1v) is 5.81. The molecule has 0 atom stereocenters. The van der Waals surface area contributed by atoms with Crippen LogP contribution >= 0.6 is 0 Å². The Morgan fingerprint density at radius 1 is 1.21 bits per heavy atom. The van der Waals surface area contributed by atoms with Crippen molar-refractivity contribution in [2.75, 3.05) is 10.3 Å². The minimum absolute atomic E-state index is 0.339. The summed E-state index contributed by atoms with van der Waals surface area (Å²) in [5, 5.41) is 5.03. The molecule has 0 bridgehead atoms. The number of nitrogen functional groups attached to an aromatic ring is 1. The largest absolute Gasteiger partial charge is 0.358 e. The number of aromatic nitrogens is 1. The zero-order valence-corrected chi connectivity index (χ0v) is 10.1. The highest BCUT2D eigenvalue weighted by Gasteiger charge is 2.18. The van der Waals surface area contributed by atoms with Gasteiger partial charge in [-0.05, 0) is 24.3 Å². The molecule has 1 aliphatic rings. The molecular weight excluding hydrogens is 242 g/mol. The quantitative estimate of drug-likeness (QED) is 0.429. The van der Waals surface area contributed by atoms with Crippen LogP contribution in [0.25, 0.3) is 0 Å². The summed E-state index contributed by atoms with van der Waals surface area (Å²) in [4.78, 5) is 11.7. The van der Waals surface area contributed by atoms with E-state index in [1.54, 1.807) is 23.0 Å². The van der Waals surface area contributed by atoms with Gasteiger partial charge in [0.05, 0.1) is 11.4 Å². The number of nitrogens with two attached hydrogens (primary N) is 1. The molecule has 0 fully saturated rings. The van der Waals surface area contributed by atoms with Crippen LogP contribution in [0.3, 0.4) is 0 Å². The van der Waals surface area contributed by atoms with Crippen LogP contribution in [0.2, 0.25) is 0 Å². The van der Waals surface area contributed by atoms with Crippen molar-refractivity contribution < 1.29 is 4.79 Å². The smallest absolute Gasteiger partial charge is 0.283 e. The molecule has 1 aliphatic heterocycles. The Bertz CT molecular complexity index is 646. The third-order valence-corrected chi connectivity index (χ3v) is 2.93. The molecule has 6 nitrogen and oxygen atoms in total. The van der Waals surface area contributed by atoms with Crippen LogP contribution in [0.1, 0.15) is 10.5 Å². The lowest BCUT2D eigenvalue weighted by Crippen LogP contribution is -2.36. The zero-order valence-electron chi connectivity index (χ0n) is 10.1. The van der Waals surface area contributed by atoms with Gasteiger partial charge in [0.1, 0.15) is 5.69 Å². The van der Waals surface area contributed by atoms with E-state index in [0.29, 0.717) is 5.69 Å². The monoisotopic (exact) mass is 255 g/mol. The van der Waals surface area contributed by atoms with Crippen LogP contribution in [0.4, 0.5) is 11.4 Å². The summed E-state index contributed by atoms with van der Waals surface area (Å²) >= 11 is 0. The Morgan fingerprint density at radius 2 is 2.05 bits per heavy atom. The average molecular weight is 255 g/mol. The second kappa shape index (κ2) is 4.51. The Hall–Kier alpha value is -2.73. The summed E-state index contributed by atoms with van der Waals surface area (Å²) in [6, 6.07) is 11.3. The molecule has 0 unspecified atom stereocenters. The predicted octanol–water partition coefficient (Wildman–Crippen LogP) is 1.26. The number of benzene rings is 1. The second-order valence-electron chi connectivity index (χ2n) is 4.03. The fourth-order valence-electron chi connectivity index (χ4n) is 2.08. The molecule has 3 rings (SSSR count). The number of nitrogens with one attached hydrogen (secondary N) is 2. The summed E-state index contributed by atoms with van der Waals surface area (Å²) in [5.74, 6) is 4.86. The molecule has 1 aromatic carbocycles. The number of fused-ring (bicyclic) bond motifs is 1. The fourth-order valence-corrected chi connectivity index (χ4v) is 2.08. The van der Waals surface area contributed by atoms with Crippen LogP contribution < -0.4 is 21.6 Å². The van der Waals surface area contributed by atoms with Crippen molar-refractivity contribution in [2.24, 2.45) is 5.84 Å². The van der Waals surface area contributed by atoms with Crippen molar-refractivity contribution in [3.8, 4) is 0 Å². The number of rotatable bonds is 2. The van der Waals surface area contributed by atoms with Crippen LogP contribution in [0.15, 0.2) is 55.0 Å². The van der Waals surface area contributed by atoms with Gasteiger partial charge in [-0.3, -0.25) is 19.9 Å². The highest BCUT2D eigenvalue weighted by Crippen LogP contribution is 2.29. The van der Waals surface area contributed by atoms with E-state index < -0.39 is 0 Å². The number of hydrogen-bond donors (Lipinski definition) is 3. The van der Waals surface area contributed by atoms with E-state index >= 15 is 0 Å². The number of anilines is 2. The zero-order chi connectivity index (χ0) is 13.2. The summed E-state index contributed by atoms with van der Waals surface area (Å²) in [6.07, 6.45) is 5.46. The van der Waals surface area contributed by atoms with Crippen LogP contribution in [-0.2, 0) is 0 Å². The number of hydrazine groups is 1. The molecule has 4 N–H and O–H groups in total. The predicted molar refractivity (Wildman–Crippen MR) is 73.2 cm³/mol. The maximum atomic E-state index is 11.7. The number of nitrogens with zero attached hydrogens (tertiary/aromatic N) is 2. The van der Waals surface area contributed by atoms with Crippen molar-refractivity contribution in [3.05, 3.63) is 60.7 Å². The van der Waals surface area contributed by atoms with E-state index in [-0.39, 0.29) is 5.91 Å². The molecule has 1 amide bonds. The first-order chi connectivity index (χ1) is 9.31. The van der Waals surface area contributed by atoms with Gasteiger partial charge in [-0.1, -0.05) is 12.1 Å². The van der Waals surface area contributed by atoms with Crippen LogP contribution in [0.5, 0.6) is 0 Å². The average Bonchev–Trinajstić information content (AvgIpc) is 2.95. The molecule has 96 valence electrons. The van der Waals surface area contributed by atoms with E-state index in [4.69, 9.17) is 5.84 Å². The fraction of sp³-hybridized carbons (Fsp3) is 0. The van der Waals surface area contributed by atoms with Crippen LogP contribution in [0, 0.1) is 0 Å². The topological polar surface area (TPSA) is 75.3 Å². The number of amides is 1. The summed E-state index contributed by atoms with van der Waals surface area (Å²) in [7, 11) is 0. The molecule has 0 radical (unpaired) electrons. The van der Waals surface area contributed by atoms with Gasteiger partial charge in [0, 0.05) is 18.6 Å². The van der Waals surface area contributed by atoms with Gasteiger partial charge in [0.2, 0.25) is 0 Å². The molecule has 0 saturated carbocycles. The van der Waals surface area contributed by atoms with Gasteiger partial charge in [-0.25, -0.2) is 5.84 Å². The Kier molecular flexibility index (Phi) is 2.70. The molecular formula is C13H13N5O. The van der Waals surface area contributed by atoms with E-state index in [1.807, 2.05) is 41.7 Å². The maximum Gasteiger partial charge on any atom is 0.283 e. The van der Waals surface area contributed by atoms with E-state index in [2.05, 4.69) is 10.7 Å². The molecule has 0 aliphatic carbocycles. The van der Waals surface area contributed by atoms with E-state index in [9.17, 15) is 4.79 Å². The highest BCUT2D eigenvalue weighted by molar-refractivity contribution is 5.92. The van der Waals surface area contributed by atoms with Gasteiger partial charge >= 0.3 is 0 Å². The highest BCUT2D eigenvalue weighted by atomic mass is 16.2. The van der Waals surface area contributed by atoms with E-state index in [1.165, 1.54) is 0 Å². The first kappa shape index (κ1) is 11.4. The lowest BCUT2D eigenvalue weighted by molar-refractivity contribution is 0.0945. The van der Waals surface area contributed by atoms with Gasteiger partial charge in [-0.2, -0.15) is 0 Å². The van der Waals surface area contributed by atoms with Gasteiger partial charge in [0.25, 0.3) is 5.91 Å². The number of para-hydroxylation sites is 2. The first-order valence-electron chi connectivity index (χ1n) is 5.81. The molecule has 6 heteroatoms. The summed E-state index contributed by atoms with van der Waals surface area (Å²) in [5.41, 5.74) is 4.53. The molecule has 0 spiro atoms. The lowest BCUT2D eigenvalue weighted by atomic mass is 10.2. The normalized spacial score (nSPS) is 12.8. The number of carbonyl (C=O) groups excluding carboxylic acids is 1. The molecule has 1 aromatic heterocycles. The van der Waals surface area contributed by atoms with Crippen molar-refractivity contribution in [2.45, 2.75) is 0 Å². The standard InChI is InChI=1S/C13H13N5O/c14-16-13(19)12-6-3-8-17(12)18-9-7-15-10-4-1-2-5-11(10)18/h1-9,15H,14H2,(H,16,19). The Balaban J connectivity index is 2.08. The maximum absolute atomic E-state index is 11.7. The molecule has 19 heavy (non-hydrogen) atoms. The van der Waals surface area contributed by atoms with Crippen molar-refractivity contribution in [1.82, 2.24) is 10.1 Å². The second-order valence-corrected chi connectivity index (χ2v) is 4.03. The number of hydrogen-bond acceptors (Lipinski definition) is 4. The SMILES string of the molecule is NNC(=O)c1cccn1N1C=CNc2ccccc21. The molecule has 2 heterocycles. The third-order valence-electron chi connectivity index (χ3n) is 2.93. The Labute approximate surface area is 110 Å². The van der Waals surface area contributed by atoms with Crippen molar-refractivity contribution >= 4 is 17.3 Å². The van der Waals surface area contributed by atoms with Crippen LogP contribution in [-0.4, -0.2) is 10.6 Å². The van der Waals surface area contributed by atoms with E-state index in [0.717, 1.165) is 11.4 Å². The minimum atomic E-state index is -0.339. The van der Waals surface area contributed by atoms with Gasteiger partial charge in [-0.15, -0.1) is 0 Å². The third kappa shape index (κ3) is 1.84. The summed E-state index contributed by atoms with van der Waals surface area (Å²) in [6.45, 7) is 0. The molecule has 0 saturated heterocycles. The van der Waals surface area contributed by atoms with Crippen molar-refractivity contribution in [3.63, 3.8) is 0 Å². The number of carbonyl (C=O) groups is 1. The summed E-state index contributed by atoms with van der Waals surface area (Å²) < 4.78 is 1.73. The van der Waals surface area contributed by atoms with Gasteiger partial charge < -0.3 is 5.32 Å². The minimum Gasteiger partial charge on any atom is -0.358 e. The Morgan fingerprint density at radius 3 is 2.89 bits per heavy atom. The van der Waals surface area contributed by atoms with Gasteiger partial charge in [0.15, 0.2) is 0 Å².